The van der Waals surface area contributed by atoms with Crippen molar-refractivity contribution in [3.05, 3.63) is 90.1 Å². The SMILES string of the molecule is CN(c1ccc(-c2nc(C(=O)O)cc3c2[nH]c2ccc(F)c(F)c23)cc1)S(=O)(=O)c1ccccc1. The lowest BCUT2D eigenvalue weighted by Gasteiger charge is -2.19. The molecular weight excluding hydrogens is 476 g/mol. The van der Waals surface area contributed by atoms with Gasteiger partial charge in [0.05, 0.1) is 21.8 Å². The lowest BCUT2D eigenvalue weighted by Crippen LogP contribution is -2.26. The van der Waals surface area contributed by atoms with Gasteiger partial charge in [-0.3, -0.25) is 4.31 Å². The monoisotopic (exact) mass is 493 g/mol. The first-order valence-corrected chi connectivity index (χ1v) is 11.8. The van der Waals surface area contributed by atoms with Crippen LogP contribution in [0, 0.1) is 11.6 Å². The molecule has 2 heterocycles. The van der Waals surface area contributed by atoms with E-state index in [0.717, 1.165) is 10.4 Å². The zero-order valence-electron chi connectivity index (χ0n) is 18.2. The number of anilines is 1. The van der Waals surface area contributed by atoms with Gasteiger partial charge in [0, 0.05) is 28.9 Å². The van der Waals surface area contributed by atoms with Gasteiger partial charge in [-0.05, 0) is 42.5 Å². The molecule has 2 N–H and O–H groups in total. The van der Waals surface area contributed by atoms with E-state index in [-0.39, 0.29) is 32.6 Å². The molecule has 3 aromatic carbocycles. The van der Waals surface area contributed by atoms with Gasteiger partial charge in [-0.25, -0.2) is 27.0 Å². The average molecular weight is 493 g/mol. The Balaban J connectivity index is 1.64. The summed E-state index contributed by atoms with van der Waals surface area (Å²) in [4.78, 5) is 19.1. The number of aromatic nitrogens is 2. The molecule has 35 heavy (non-hydrogen) atoms. The lowest BCUT2D eigenvalue weighted by molar-refractivity contribution is 0.0691. The Hall–Kier alpha value is -4.31. The number of sulfonamides is 1. The average Bonchev–Trinajstić information content (AvgIpc) is 3.25. The van der Waals surface area contributed by atoms with Gasteiger partial charge in [0.1, 0.15) is 5.69 Å². The topological polar surface area (TPSA) is 103 Å². The third kappa shape index (κ3) is 3.68. The number of halogens is 2. The molecule has 176 valence electrons. The predicted molar refractivity (Wildman–Crippen MR) is 128 cm³/mol. The number of pyridine rings is 1. The molecule has 7 nitrogen and oxygen atoms in total. The molecule has 0 unspecified atom stereocenters. The summed E-state index contributed by atoms with van der Waals surface area (Å²) >= 11 is 0. The van der Waals surface area contributed by atoms with Crippen LogP contribution in [-0.4, -0.2) is 36.5 Å². The van der Waals surface area contributed by atoms with E-state index in [2.05, 4.69) is 9.97 Å². The van der Waals surface area contributed by atoms with E-state index in [1.807, 2.05) is 0 Å². The van der Waals surface area contributed by atoms with E-state index < -0.39 is 27.6 Å². The van der Waals surface area contributed by atoms with E-state index in [1.165, 1.54) is 31.3 Å². The second-order valence-corrected chi connectivity index (χ2v) is 9.79. The van der Waals surface area contributed by atoms with Gasteiger partial charge >= 0.3 is 5.97 Å². The molecular formula is C25H17F2N3O4S. The van der Waals surface area contributed by atoms with Crippen LogP contribution in [0.15, 0.2) is 77.7 Å². The molecule has 0 spiro atoms. The Labute approximate surface area is 198 Å². The molecule has 0 aliphatic heterocycles. The van der Waals surface area contributed by atoms with E-state index in [1.54, 1.807) is 42.5 Å². The molecule has 10 heteroatoms. The van der Waals surface area contributed by atoms with Crippen molar-refractivity contribution in [2.24, 2.45) is 0 Å². The number of aromatic amines is 1. The van der Waals surface area contributed by atoms with Crippen LogP contribution < -0.4 is 4.31 Å². The fourth-order valence-electron chi connectivity index (χ4n) is 3.96. The third-order valence-electron chi connectivity index (χ3n) is 5.77. The highest BCUT2D eigenvalue weighted by atomic mass is 32.2. The molecule has 5 aromatic rings. The maximum atomic E-state index is 14.6. The van der Waals surface area contributed by atoms with Crippen molar-refractivity contribution in [1.82, 2.24) is 9.97 Å². The van der Waals surface area contributed by atoms with E-state index in [9.17, 15) is 27.1 Å². The van der Waals surface area contributed by atoms with Crippen LogP contribution in [0.2, 0.25) is 0 Å². The highest BCUT2D eigenvalue weighted by Gasteiger charge is 2.22. The number of rotatable bonds is 5. The van der Waals surface area contributed by atoms with E-state index in [0.29, 0.717) is 16.8 Å². The summed E-state index contributed by atoms with van der Waals surface area (Å²) in [6.07, 6.45) is 0. The molecule has 2 aromatic heterocycles. The van der Waals surface area contributed by atoms with E-state index in [4.69, 9.17) is 0 Å². The molecule has 5 rings (SSSR count). The summed E-state index contributed by atoms with van der Waals surface area (Å²) < 4.78 is 55.5. The summed E-state index contributed by atoms with van der Waals surface area (Å²) in [7, 11) is -2.37. The normalized spacial score (nSPS) is 11.7. The number of carboxylic acids is 1. The minimum Gasteiger partial charge on any atom is -0.477 e. The molecule has 0 radical (unpaired) electrons. The molecule has 0 aliphatic carbocycles. The van der Waals surface area contributed by atoms with Gasteiger partial charge in [-0.1, -0.05) is 30.3 Å². The number of carbonyl (C=O) groups is 1. The second-order valence-electron chi connectivity index (χ2n) is 7.83. The standard InChI is InChI=1S/C25H17F2N3O4S/c1-30(35(33,34)16-5-3-2-4-6-16)15-9-7-14(8-10-15)23-24-17(13-20(29-23)25(31)32)21-19(28-24)12-11-18(26)22(21)27/h2-13,28H,1H3,(H,31,32). The van der Waals surface area contributed by atoms with Gasteiger partial charge in [0.25, 0.3) is 10.0 Å². The summed E-state index contributed by atoms with van der Waals surface area (Å²) in [5, 5.41) is 9.65. The first-order valence-electron chi connectivity index (χ1n) is 10.4. The van der Waals surface area contributed by atoms with Gasteiger partial charge in [0.15, 0.2) is 11.6 Å². The number of H-pyrrole nitrogens is 1. The first kappa shape index (κ1) is 22.5. The Kier molecular flexibility index (Phi) is 5.25. The number of carboxylic acid groups (broad SMARTS) is 1. The van der Waals surface area contributed by atoms with Crippen LogP contribution in [0.5, 0.6) is 0 Å². The number of benzene rings is 3. The number of hydrogen-bond acceptors (Lipinski definition) is 4. The summed E-state index contributed by atoms with van der Waals surface area (Å²) in [5.74, 6) is -3.48. The highest BCUT2D eigenvalue weighted by molar-refractivity contribution is 7.92. The van der Waals surface area contributed by atoms with Crippen molar-refractivity contribution in [2.75, 3.05) is 11.4 Å². The first-order chi connectivity index (χ1) is 16.7. The zero-order chi connectivity index (χ0) is 24.9. The number of hydrogen-bond donors (Lipinski definition) is 2. The van der Waals surface area contributed by atoms with Crippen LogP contribution in [0.1, 0.15) is 10.5 Å². The fourth-order valence-corrected chi connectivity index (χ4v) is 5.18. The number of fused-ring (bicyclic) bond motifs is 3. The quantitative estimate of drug-likeness (QED) is 0.351. The molecule has 0 bridgehead atoms. The van der Waals surface area contributed by atoms with Gasteiger partial charge in [-0.2, -0.15) is 0 Å². The molecule has 0 amide bonds. The van der Waals surface area contributed by atoms with Crippen LogP contribution >= 0.6 is 0 Å². The van der Waals surface area contributed by atoms with E-state index >= 15 is 0 Å². The summed E-state index contributed by atoms with van der Waals surface area (Å²) in [6, 6.07) is 17.8. The van der Waals surface area contributed by atoms with Crippen molar-refractivity contribution in [3.63, 3.8) is 0 Å². The Morgan fingerprint density at radius 2 is 1.69 bits per heavy atom. The lowest BCUT2D eigenvalue weighted by atomic mass is 10.1. The Bertz CT molecular complexity index is 1720. The van der Waals surface area contributed by atoms with Crippen LogP contribution in [0.4, 0.5) is 14.5 Å². The van der Waals surface area contributed by atoms with Crippen molar-refractivity contribution in [2.45, 2.75) is 4.90 Å². The third-order valence-corrected chi connectivity index (χ3v) is 7.57. The second kappa shape index (κ2) is 8.17. The molecule has 0 fully saturated rings. The number of nitrogens with zero attached hydrogens (tertiary/aromatic N) is 2. The minimum absolute atomic E-state index is 0.0727. The number of nitrogens with one attached hydrogen (secondary N) is 1. The highest BCUT2D eigenvalue weighted by Crippen LogP contribution is 2.35. The smallest absolute Gasteiger partial charge is 0.354 e. The van der Waals surface area contributed by atoms with Crippen LogP contribution in [0.3, 0.4) is 0 Å². The summed E-state index contributed by atoms with van der Waals surface area (Å²) in [5.41, 5.74) is 1.30. The largest absolute Gasteiger partial charge is 0.477 e. The van der Waals surface area contributed by atoms with Crippen LogP contribution in [-0.2, 0) is 10.0 Å². The molecule has 0 atom stereocenters. The minimum atomic E-state index is -3.79. The fraction of sp³-hybridized carbons (Fsp3) is 0.0400. The Morgan fingerprint density at radius 3 is 2.34 bits per heavy atom. The Morgan fingerprint density at radius 1 is 1.00 bits per heavy atom. The zero-order valence-corrected chi connectivity index (χ0v) is 19.0. The van der Waals surface area contributed by atoms with Crippen LogP contribution in [0.25, 0.3) is 33.1 Å². The van der Waals surface area contributed by atoms with Crippen molar-refractivity contribution < 1.29 is 27.1 Å². The van der Waals surface area contributed by atoms with Gasteiger partial charge < -0.3 is 10.1 Å². The maximum Gasteiger partial charge on any atom is 0.354 e. The summed E-state index contributed by atoms with van der Waals surface area (Å²) in [6.45, 7) is 0. The van der Waals surface area contributed by atoms with Gasteiger partial charge in [0.2, 0.25) is 0 Å². The maximum absolute atomic E-state index is 14.6. The molecule has 0 aliphatic rings. The van der Waals surface area contributed by atoms with Crippen molar-refractivity contribution in [1.29, 1.82) is 0 Å². The van der Waals surface area contributed by atoms with Crippen molar-refractivity contribution in [3.8, 4) is 11.3 Å². The molecule has 0 saturated carbocycles. The number of aromatic carboxylic acids is 1. The molecule has 0 saturated heterocycles. The van der Waals surface area contributed by atoms with Crippen molar-refractivity contribution >= 4 is 43.5 Å². The van der Waals surface area contributed by atoms with Gasteiger partial charge in [-0.15, -0.1) is 0 Å². The predicted octanol–water partition coefficient (Wildman–Crippen LogP) is 5.18.